The first-order valence-corrected chi connectivity index (χ1v) is 8.31. The Morgan fingerprint density at radius 3 is 2.58 bits per heavy atom. The second-order valence-corrected chi connectivity index (χ2v) is 5.82. The monoisotopic (exact) mass is 352 g/mol. The van der Waals surface area contributed by atoms with Gasteiger partial charge in [-0.3, -0.25) is 0 Å². The molecule has 0 aliphatic rings. The maximum absolute atomic E-state index is 6.43. The van der Waals surface area contributed by atoms with E-state index in [1.54, 1.807) is 14.2 Å². The molecule has 1 N–H and O–H groups in total. The van der Waals surface area contributed by atoms with Crippen LogP contribution in [0.2, 0.25) is 5.15 Å². The van der Waals surface area contributed by atoms with Crippen molar-refractivity contribution >= 4 is 17.4 Å². The fourth-order valence-corrected chi connectivity index (χ4v) is 2.88. The van der Waals surface area contributed by atoms with Gasteiger partial charge in [0.1, 0.15) is 22.5 Å². The predicted octanol–water partition coefficient (Wildman–Crippen LogP) is 4.41. The van der Waals surface area contributed by atoms with E-state index in [4.69, 9.17) is 25.8 Å². The van der Waals surface area contributed by atoms with E-state index in [0.29, 0.717) is 18.3 Å². The van der Waals surface area contributed by atoms with Gasteiger partial charge in [0.25, 0.3) is 0 Å². The molecule has 0 fully saturated rings. The van der Waals surface area contributed by atoms with Crippen LogP contribution in [0.25, 0.3) is 0 Å². The molecule has 0 saturated heterocycles. The minimum Gasteiger partial charge on any atom is -0.497 e. The summed E-state index contributed by atoms with van der Waals surface area (Å²) >= 11 is 6.43. The van der Waals surface area contributed by atoms with Crippen molar-refractivity contribution in [2.45, 2.75) is 26.5 Å². The molecule has 0 aliphatic heterocycles. The van der Waals surface area contributed by atoms with Crippen LogP contribution in [0.5, 0.6) is 11.5 Å². The number of methoxy groups -OCH3 is 2. The zero-order chi connectivity index (χ0) is 17.7. The number of anilines is 1. The normalized spacial score (nSPS) is 12.1. The molecule has 1 aromatic carbocycles. The zero-order valence-electron chi connectivity index (χ0n) is 14.9. The Morgan fingerprint density at radius 2 is 1.96 bits per heavy atom. The van der Waals surface area contributed by atoms with Gasteiger partial charge in [0.15, 0.2) is 0 Å². The summed E-state index contributed by atoms with van der Waals surface area (Å²) in [5, 5.41) is 4.08. The van der Waals surface area contributed by atoms with Gasteiger partial charge in [-0.05, 0) is 32.0 Å². The van der Waals surface area contributed by atoms with E-state index in [-0.39, 0.29) is 6.10 Å². The summed E-state index contributed by atoms with van der Waals surface area (Å²) in [7, 11) is 5.22. The zero-order valence-corrected chi connectivity index (χ0v) is 15.6. The number of benzene rings is 1. The molecule has 6 heteroatoms. The topological polar surface area (TPSA) is 44.6 Å². The molecule has 2 rings (SSSR count). The number of hydrogen-bond donors (Lipinski definition) is 1. The molecule has 24 heavy (non-hydrogen) atoms. The highest BCUT2D eigenvalue weighted by atomic mass is 35.5. The van der Waals surface area contributed by atoms with Crippen molar-refractivity contribution in [2.24, 2.45) is 7.05 Å². The molecule has 1 atom stereocenters. The number of nitrogens with one attached hydrogen (secondary N) is 1. The van der Waals surface area contributed by atoms with Crippen LogP contribution >= 0.6 is 11.6 Å². The molecule has 1 aromatic heterocycles. The van der Waals surface area contributed by atoms with Crippen LogP contribution in [-0.4, -0.2) is 25.4 Å². The van der Waals surface area contributed by atoms with Gasteiger partial charge in [-0.15, -0.1) is 0 Å². The van der Waals surface area contributed by atoms with Crippen LogP contribution in [0.4, 0.5) is 5.82 Å². The lowest BCUT2D eigenvalue weighted by Gasteiger charge is -2.12. The summed E-state index contributed by atoms with van der Waals surface area (Å²) in [4.78, 5) is 0. The van der Waals surface area contributed by atoms with Crippen LogP contribution in [0.3, 0.4) is 0 Å². The molecule has 0 amide bonds. The largest absolute Gasteiger partial charge is 0.497 e. The summed E-state index contributed by atoms with van der Waals surface area (Å²) in [6.07, 6.45) is -0.0419. The van der Waals surface area contributed by atoms with Gasteiger partial charge in [0.05, 0.1) is 20.3 Å². The number of ether oxygens (including phenoxy) is 3. The number of aromatic nitrogens is 1. The van der Waals surface area contributed by atoms with Gasteiger partial charge >= 0.3 is 0 Å². The third-order valence-corrected chi connectivity index (χ3v) is 4.47. The van der Waals surface area contributed by atoms with Crippen LogP contribution in [0.15, 0.2) is 24.3 Å². The number of rotatable bonds is 8. The fourth-order valence-electron chi connectivity index (χ4n) is 2.58. The van der Waals surface area contributed by atoms with E-state index in [2.05, 4.69) is 5.32 Å². The van der Waals surface area contributed by atoms with E-state index in [0.717, 1.165) is 28.4 Å². The van der Waals surface area contributed by atoms with Gasteiger partial charge in [-0.2, -0.15) is 0 Å². The maximum atomic E-state index is 6.43. The molecule has 0 bridgehead atoms. The highest BCUT2D eigenvalue weighted by Gasteiger charge is 2.16. The summed E-state index contributed by atoms with van der Waals surface area (Å²) in [5.74, 6) is 2.48. The fraction of sp³-hybridized carbons (Fsp3) is 0.444. The second kappa shape index (κ2) is 8.31. The van der Waals surface area contributed by atoms with Gasteiger partial charge < -0.3 is 24.1 Å². The Hall–Kier alpha value is -1.85. The summed E-state index contributed by atoms with van der Waals surface area (Å²) < 4.78 is 18.2. The van der Waals surface area contributed by atoms with E-state index >= 15 is 0 Å². The van der Waals surface area contributed by atoms with Crippen molar-refractivity contribution < 1.29 is 14.2 Å². The minimum atomic E-state index is -0.0419. The molecule has 1 unspecified atom stereocenters. The number of nitrogens with zero attached hydrogens (tertiary/aromatic N) is 1. The minimum absolute atomic E-state index is 0.0419. The second-order valence-electron chi connectivity index (χ2n) is 5.46. The van der Waals surface area contributed by atoms with Crippen molar-refractivity contribution in [3.63, 3.8) is 0 Å². The van der Waals surface area contributed by atoms with E-state index < -0.39 is 0 Å². The highest BCUT2D eigenvalue weighted by Crippen LogP contribution is 2.32. The van der Waals surface area contributed by atoms with Gasteiger partial charge in [0, 0.05) is 37.4 Å². The Morgan fingerprint density at radius 1 is 1.21 bits per heavy atom. The SMILES string of the molecule is CCOC(C)c1cc(NCc2ccc(OC)cc2OC)n(C)c1Cl. The van der Waals surface area contributed by atoms with Crippen LogP contribution < -0.4 is 14.8 Å². The summed E-state index contributed by atoms with van der Waals surface area (Å²) in [5.41, 5.74) is 2.01. The molecule has 132 valence electrons. The molecular weight excluding hydrogens is 328 g/mol. The Kier molecular flexibility index (Phi) is 6.40. The summed E-state index contributed by atoms with van der Waals surface area (Å²) in [6, 6.07) is 7.80. The molecule has 0 radical (unpaired) electrons. The summed E-state index contributed by atoms with van der Waals surface area (Å²) in [6.45, 7) is 5.24. The lowest BCUT2D eigenvalue weighted by atomic mass is 10.2. The molecular formula is C18H25ClN2O3. The van der Waals surface area contributed by atoms with Gasteiger partial charge in [-0.1, -0.05) is 11.6 Å². The first kappa shape index (κ1) is 18.5. The lowest BCUT2D eigenvalue weighted by Crippen LogP contribution is -2.05. The quantitative estimate of drug-likeness (QED) is 0.764. The number of halogens is 1. The van der Waals surface area contributed by atoms with Crippen molar-refractivity contribution in [3.05, 3.63) is 40.5 Å². The number of hydrogen-bond acceptors (Lipinski definition) is 4. The Balaban J connectivity index is 2.16. The van der Waals surface area contributed by atoms with Crippen molar-refractivity contribution in [1.29, 1.82) is 0 Å². The molecule has 5 nitrogen and oxygen atoms in total. The van der Waals surface area contributed by atoms with Gasteiger partial charge in [0.2, 0.25) is 0 Å². The van der Waals surface area contributed by atoms with E-state index in [1.165, 1.54) is 0 Å². The Bertz CT molecular complexity index is 685. The molecule has 2 aromatic rings. The first-order chi connectivity index (χ1) is 11.5. The van der Waals surface area contributed by atoms with Crippen LogP contribution in [-0.2, 0) is 18.3 Å². The maximum Gasteiger partial charge on any atom is 0.127 e. The van der Waals surface area contributed by atoms with E-state index in [9.17, 15) is 0 Å². The lowest BCUT2D eigenvalue weighted by molar-refractivity contribution is 0.0765. The van der Waals surface area contributed by atoms with Crippen molar-refractivity contribution in [1.82, 2.24) is 4.57 Å². The average Bonchev–Trinajstić information content (AvgIpc) is 2.88. The predicted molar refractivity (Wildman–Crippen MR) is 97.3 cm³/mol. The third-order valence-electron chi connectivity index (χ3n) is 4.00. The molecule has 0 saturated carbocycles. The molecule has 0 spiro atoms. The highest BCUT2D eigenvalue weighted by molar-refractivity contribution is 6.30. The van der Waals surface area contributed by atoms with Gasteiger partial charge in [-0.25, -0.2) is 0 Å². The van der Waals surface area contributed by atoms with Crippen molar-refractivity contribution in [2.75, 3.05) is 26.1 Å². The van der Waals surface area contributed by atoms with E-state index in [1.807, 2.05) is 49.7 Å². The first-order valence-electron chi connectivity index (χ1n) is 7.93. The standard InChI is InChI=1S/C18H25ClN2O3/c1-6-24-12(2)15-10-17(21(3)18(15)19)20-11-13-7-8-14(22-4)9-16(13)23-5/h7-10,12,20H,6,11H2,1-5H3. The smallest absolute Gasteiger partial charge is 0.127 e. The average molecular weight is 353 g/mol. The van der Waals surface area contributed by atoms with Crippen LogP contribution in [0.1, 0.15) is 31.1 Å². The van der Waals surface area contributed by atoms with Crippen LogP contribution in [0, 0.1) is 0 Å². The molecule has 1 heterocycles. The van der Waals surface area contributed by atoms with Crippen molar-refractivity contribution in [3.8, 4) is 11.5 Å². The Labute approximate surface area is 148 Å². The third kappa shape index (κ3) is 3.97. The molecule has 0 aliphatic carbocycles.